The van der Waals surface area contributed by atoms with Gasteiger partial charge in [0.2, 0.25) is 11.8 Å². The van der Waals surface area contributed by atoms with Crippen LogP contribution < -0.4 is 30.7 Å². The van der Waals surface area contributed by atoms with Crippen LogP contribution in [0.2, 0.25) is 0 Å². The van der Waals surface area contributed by atoms with E-state index in [0.717, 1.165) is 64.6 Å². The van der Waals surface area contributed by atoms with Crippen LogP contribution >= 0.6 is 0 Å². The van der Waals surface area contributed by atoms with E-state index < -0.39 is 12.1 Å². The molecule has 4 N–H and O–H groups in total. The molecule has 0 aliphatic heterocycles. The van der Waals surface area contributed by atoms with Gasteiger partial charge in [0, 0.05) is 24.2 Å². The Labute approximate surface area is 404 Å². The molecule has 10 aromatic rings. The first kappa shape index (κ1) is 45.5. The zero-order valence-corrected chi connectivity index (χ0v) is 39.8. The third kappa shape index (κ3) is 8.16. The van der Waals surface area contributed by atoms with Gasteiger partial charge in [0.05, 0.1) is 49.1 Å². The van der Waals surface area contributed by atoms with Crippen molar-refractivity contribution in [3.8, 4) is 11.5 Å². The van der Waals surface area contributed by atoms with Crippen molar-refractivity contribution >= 4 is 111 Å². The molecule has 0 bridgehead atoms. The average Bonchev–Trinajstić information content (AvgIpc) is 3.38. The third-order valence-corrected chi connectivity index (χ3v) is 13.9. The molecule has 12 heteroatoms. The minimum atomic E-state index is -0.568. The van der Waals surface area contributed by atoms with Crippen molar-refractivity contribution in [3.05, 3.63) is 157 Å². The first-order chi connectivity index (χ1) is 33.9. The second-order valence-corrected chi connectivity index (χ2v) is 17.9. The van der Waals surface area contributed by atoms with Crippen LogP contribution in [0, 0.1) is 0 Å². The second-order valence-electron chi connectivity index (χ2n) is 17.9. The molecular weight excluding hydrogens is 877 g/mol. The van der Waals surface area contributed by atoms with Crippen LogP contribution in [-0.2, 0) is 9.59 Å². The molecule has 10 rings (SSSR count). The van der Waals surface area contributed by atoms with Crippen molar-refractivity contribution in [1.82, 2.24) is 9.80 Å². The minimum Gasteiger partial charge on any atom is -0.492 e. The molecule has 0 aromatic heterocycles. The fourth-order valence-electron chi connectivity index (χ4n) is 9.73. The van der Waals surface area contributed by atoms with Gasteiger partial charge in [-0.25, -0.2) is 0 Å². The lowest BCUT2D eigenvalue weighted by Gasteiger charge is -2.29. The zero-order chi connectivity index (χ0) is 48.8. The number of amides is 4. The van der Waals surface area contributed by atoms with Crippen LogP contribution in [0.15, 0.2) is 146 Å². The van der Waals surface area contributed by atoms with E-state index in [9.17, 15) is 19.2 Å². The largest absolute Gasteiger partial charge is 0.492 e. The van der Waals surface area contributed by atoms with E-state index in [1.54, 1.807) is 50.2 Å². The van der Waals surface area contributed by atoms with Gasteiger partial charge in [0.15, 0.2) is 11.5 Å². The van der Waals surface area contributed by atoms with E-state index in [1.165, 1.54) is 14.2 Å². The lowest BCUT2D eigenvalue weighted by Crippen LogP contribution is -2.46. The monoisotopic (exact) mass is 928 g/mol. The van der Waals surface area contributed by atoms with Crippen molar-refractivity contribution in [2.45, 2.75) is 25.9 Å². The summed E-state index contributed by atoms with van der Waals surface area (Å²) >= 11 is 0. The van der Waals surface area contributed by atoms with Crippen LogP contribution in [0.25, 0.3) is 64.6 Å². The Balaban J connectivity index is 0.760. The van der Waals surface area contributed by atoms with Gasteiger partial charge in [-0.15, -0.1) is 0 Å². The molecule has 0 spiro atoms. The molecule has 10 aromatic carbocycles. The topological polar surface area (TPSA) is 141 Å². The lowest BCUT2D eigenvalue weighted by molar-refractivity contribution is -0.122. The summed E-state index contributed by atoms with van der Waals surface area (Å²) in [5.74, 6) is -0.499. The Morgan fingerprint density at radius 3 is 1.07 bits per heavy atom. The number of hydrogen-bond acceptors (Lipinski definition) is 8. The van der Waals surface area contributed by atoms with Crippen molar-refractivity contribution in [2.24, 2.45) is 0 Å². The number of nitrogens with zero attached hydrogens (tertiary/aromatic N) is 2. The summed E-state index contributed by atoms with van der Waals surface area (Å²) in [6.07, 6.45) is 0. The molecule has 0 fully saturated rings. The molecule has 4 amide bonds. The molecule has 0 saturated heterocycles. The lowest BCUT2D eigenvalue weighted by atomic mass is 9.92. The van der Waals surface area contributed by atoms with Crippen LogP contribution in [-0.4, -0.2) is 86.9 Å². The van der Waals surface area contributed by atoms with Gasteiger partial charge in [-0.3, -0.25) is 29.0 Å². The molecular formula is C58H52N6O6. The first-order valence-corrected chi connectivity index (χ1v) is 23.3. The molecule has 0 unspecified atom stereocenters. The van der Waals surface area contributed by atoms with Gasteiger partial charge in [-0.1, -0.05) is 109 Å². The van der Waals surface area contributed by atoms with E-state index in [0.29, 0.717) is 58.5 Å². The van der Waals surface area contributed by atoms with Crippen LogP contribution in [0.1, 0.15) is 34.6 Å². The fraction of sp³-hybridized carbons (Fsp3) is 0.172. The maximum atomic E-state index is 14.0. The van der Waals surface area contributed by atoms with Crippen LogP contribution in [0.4, 0.5) is 22.7 Å². The summed E-state index contributed by atoms with van der Waals surface area (Å²) in [6.45, 7) is 4.53. The smallest absolute Gasteiger partial charge is 0.256 e. The number of rotatable bonds is 15. The van der Waals surface area contributed by atoms with Crippen molar-refractivity contribution in [2.75, 3.05) is 62.7 Å². The quantitative estimate of drug-likeness (QED) is 0.0745. The van der Waals surface area contributed by atoms with Crippen LogP contribution in [0.3, 0.4) is 0 Å². The number of benzene rings is 10. The fourth-order valence-corrected chi connectivity index (χ4v) is 9.73. The van der Waals surface area contributed by atoms with Crippen molar-refractivity contribution in [3.63, 3.8) is 0 Å². The normalized spacial score (nSPS) is 12.6. The maximum absolute atomic E-state index is 14.0. The van der Waals surface area contributed by atoms with Gasteiger partial charge >= 0.3 is 0 Å². The molecule has 0 radical (unpaired) electrons. The molecule has 12 nitrogen and oxygen atoms in total. The maximum Gasteiger partial charge on any atom is 0.256 e. The highest BCUT2D eigenvalue weighted by atomic mass is 16.5. The number of nitrogens with one attached hydrogen (secondary N) is 4. The number of ether oxygens (including phenoxy) is 2. The molecule has 0 heterocycles. The van der Waals surface area contributed by atoms with Gasteiger partial charge in [0.1, 0.15) is 0 Å². The van der Waals surface area contributed by atoms with Gasteiger partial charge in [0.25, 0.3) is 11.8 Å². The summed E-state index contributed by atoms with van der Waals surface area (Å²) < 4.78 is 11.6. The number of likely N-dealkylation sites (N-methyl/N-ethyl adjacent to an activating group) is 2. The summed E-state index contributed by atoms with van der Waals surface area (Å²) in [4.78, 5) is 59.2. The van der Waals surface area contributed by atoms with Crippen molar-refractivity contribution < 1.29 is 28.7 Å². The molecule has 0 aliphatic carbocycles. The highest BCUT2D eigenvalue weighted by molar-refractivity contribution is 6.29. The number of hydrogen-bond donors (Lipinski definition) is 4. The third-order valence-electron chi connectivity index (χ3n) is 13.9. The van der Waals surface area contributed by atoms with E-state index >= 15 is 0 Å². The summed E-state index contributed by atoms with van der Waals surface area (Å²) in [5.41, 5.74) is 2.71. The minimum absolute atomic E-state index is 0.275. The highest BCUT2D eigenvalue weighted by Gasteiger charge is 2.26. The van der Waals surface area contributed by atoms with E-state index in [2.05, 4.69) is 69.8 Å². The molecule has 70 heavy (non-hydrogen) atoms. The summed E-state index contributed by atoms with van der Waals surface area (Å²) in [7, 11) is 6.70. The Hall–Kier alpha value is -8.32. The zero-order valence-electron chi connectivity index (χ0n) is 39.8. The second kappa shape index (κ2) is 18.6. The number of carbonyl (C=O) groups is 4. The molecule has 0 aliphatic rings. The molecule has 0 saturated carbocycles. The Kier molecular flexibility index (Phi) is 12.1. The number of methoxy groups -OCH3 is 2. The van der Waals surface area contributed by atoms with Crippen LogP contribution in [0.5, 0.6) is 11.5 Å². The first-order valence-electron chi connectivity index (χ1n) is 23.3. The Morgan fingerprint density at radius 1 is 0.414 bits per heavy atom. The summed E-state index contributed by atoms with van der Waals surface area (Å²) in [5, 5.41) is 24.7. The standard InChI is InChI=1S/C58H52N6O6/c1-33(55(65)59-45-15-9-17-47(53(45)69-5)61-57(67)43-29-25-39-21-19-35-11-7-13-37-23-27-41(43)51(39)49(35)37)63(3)31-32-64(4)34(2)56(66)60-46-16-10-18-48(54(46)70-6)62-58(68)44-30-26-40-22-20-36-12-8-14-38-24-28-42(44)52(40)50(36)38/h7-30,33-34H,31-32H2,1-6H3,(H,59,65)(H,60,66)(H,61,67)(H,62,68)/t33-,34-/m0/s1. The SMILES string of the molecule is COc1c(NC(=O)c2ccc3ccc4cccc5ccc2c3c45)cccc1NC(=O)[C@H](C)N(C)CCN(C)[C@@H](C)C(=O)Nc1cccc(NC(=O)c2ccc3ccc4cccc5ccc2c3c45)c1OC. The average molecular weight is 929 g/mol. The van der Waals surface area contributed by atoms with E-state index in [4.69, 9.17) is 9.47 Å². The van der Waals surface area contributed by atoms with Crippen molar-refractivity contribution in [1.29, 1.82) is 0 Å². The van der Waals surface area contributed by atoms with E-state index in [-0.39, 0.29) is 23.6 Å². The predicted octanol–water partition coefficient (Wildman–Crippen LogP) is 11.2. The predicted molar refractivity (Wildman–Crippen MR) is 284 cm³/mol. The molecule has 2 atom stereocenters. The van der Waals surface area contributed by atoms with E-state index in [1.807, 2.05) is 84.6 Å². The number of carbonyl (C=O) groups excluding carboxylic acids is 4. The van der Waals surface area contributed by atoms with Gasteiger partial charge < -0.3 is 30.7 Å². The Morgan fingerprint density at radius 2 is 0.714 bits per heavy atom. The summed E-state index contributed by atoms with van der Waals surface area (Å²) in [6, 6.07) is 45.8. The number of para-hydroxylation sites is 2. The highest BCUT2D eigenvalue weighted by Crippen LogP contribution is 2.40. The van der Waals surface area contributed by atoms with Gasteiger partial charge in [-0.2, -0.15) is 0 Å². The van der Waals surface area contributed by atoms with Gasteiger partial charge in [-0.05, 0) is 129 Å². The molecule has 350 valence electrons. The Bertz CT molecular complexity index is 3400. The number of anilines is 4.